The predicted octanol–water partition coefficient (Wildman–Crippen LogP) is 0.478. The van der Waals surface area contributed by atoms with E-state index in [0.29, 0.717) is 11.6 Å². The number of nitrogens with zero attached hydrogens (tertiary/aromatic N) is 3. The van der Waals surface area contributed by atoms with Crippen LogP contribution in [0.25, 0.3) is 0 Å². The Labute approximate surface area is 101 Å². The Morgan fingerprint density at radius 3 is 2.65 bits per heavy atom. The topological polar surface area (TPSA) is 45.7 Å². The number of ether oxygens (including phenoxy) is 1. The molecule has 1 aliphatic heterocycles. The second kappa shape index (κ2) is 5.14. The van der Waals surface area contributed by atoms with Gasteiger partial charge < -0.3 is 14.5 Å². The SMILES string of the molecule is COc1cccc(C(=O)N2CCN(C)CC2)n1. The van der Waals surface area contributed by atoms with E-state index < -0.39 is 0 Å². The Kier molecular flexibility index (Phi) is 3.58. The van der Waals surface area contributed by atoms with Gasteiger partial charge in [0.05, 0.1) is 7.11 Å². The molecule has 0 atom stereocenters. The average molecular weight is 235 g/mol. The highest BCUT2D eigenvalue weighted by molar-refractivity contribution is 5.92. The van der Waals surface area contributed by atoms with Crippen molar-refractivity contribution in [3.63, 3.8) is 0 Å². The van der Waals surface area contributed by atoms with Crippen LogP contribution in [0.1, 0.15) is 10.5 Å². The maximum atomic E-state index is 12.2. The molecule has 0 aliphatic carbocycles. The molecular formula is C12H17N3O2. The summed E-state index contributed by atoms with van der Waals surface area (Å²) in [5.41, 5.74) is 0.453. The lowest BCUT2D eigenvalue weighted by Gasteiger charge is -2.32. The second-order valence-corrected chi connectivity index (χ2v) is 4.16. The van der Waals surface area contributed by atoms with E-state index in [0.717, 1.165) is 26.2 Å². The summed E-state index contributed by atoms with van der Waals surface area (Å²) in [4.78, 5) is 20.4. The molecule has 2 heterocycles. The van der Waals surface area contributed by atoms with E-state index in [2.05, 4.69) is 16.9 Å². The zero-order chi connectivity index (χ0) is 12.3. The summed E-state index contributed by atoms with van der Waals surface area (Å²) in [7, 11) is 3.61. The lowest BCUT2D eigenvalue weighted by atomic mass is 10.2. The van der Waals surface area contributed by atoms with Crippen molar-refractivity contribution < 1.29 is 9.53 Å². The first kappa shape index (κ1) is 11.9. The third kappa shape index (κ3) is 2.74. The van der Waals surface area contributed by atoms with Crippen molar-refractivity contribution in [2.45, 2.75) is 0 Å². The maximum absolute atomic E-state index is 12.2. The lowest BCUT2D eigenvalue weighted by molar-refractivity contribution is 0.0657. The van der Waals surface area contributed by atoms with E-state index >= 15 is 0 Å². The fourth-order valence-corrected chi connectivity index (χ4v) is 1.82. The first-order valence-corrected chi connectivity index (χ1v) is 5.69. The number of amides is 1. The minimum Gasteiger partial charge on any atom is -0.481 e. The predicted molar refractivity (Wildman–Crippen MR) is 64.2 cm³/mol. The Bertz CT molecular complexity index is 400. The van der Waals surface area contributed by atoms with E-state index in [4.69, 9.17) is 4.74 Å². The molecule has 0 unspecified atom stereocenters. The van der Waals surface area contributed by atoms with Gasteiger partial charge in [0.1, 0.15) is 5.69 Å². The second-order valence-electron chi connectivity index (χ2n) is 4.16. The van der Waals surface area contributed by atoms with Crippen LogP contribution < -0.4 is 4.74 Å². The molecule has 0 bridgehead atoms. The normalized spacial score (nSPS) is 16.9. The zero-order valence-electron chi connectivity index (χ0n) is 10.2. The minimum absolute atomic E-state index is 0.0167. The average Bonchev–Trinajstić information content (AvgIpc) is 2.39. The van der Waals surface area contributed by atoms with Crippen LogP contribution in [0.2, 0.25) is 0 Å². The molecule has 0 N–H and O–H groups in total. The van der Waals surface area contributed by atoms with Crippen molar-refractivity contribution in [3.05, 3.63) is 23.9 Å². The molecule has 92 valence electrons. The molecular weight excluding hydrogens is 218 g/mol. The Morgan fingerprint density at radius 2 is 2.00 bits per heavy atom. The summed E-state index contributed by atoms with van der Waals surface area (Å²) >= 11 is 0. The third-order valence-electron chi connectivity index (χ3n) is 2.94. The first-order chi connectivity index (χ1) is 8.20. The van der Waals surface area contributed by atoms with E-state index in [1.54, 1.807) is 25.3 Å². The van der Waals surface area contributed by atoms with Crippen LogP contribution in [-0.2, 0) is 0 Å². The number of piperazine rings is 1. The van der Waals surface area contributed by atoms with Crippen LogP contribution in [-0.4, -0.2) is 61.0 Å². The van der Waals surface area contributed by atoms with Gasteiger partial charge in [0, 0.05) is 32.2 Å². The van der Waals surface area contributed by atoms with Crippen LogP contribution in [0.5, 0.6) is 5.88 Å². The molecule has 5 heteroatoms. The number of pyridine rings is 1. The third-order valence-corrected chi connectivity index (χ3v) is 2.94. The number of hydrogen-bond acceptors (Lipinski definition) is 4. The molecule has 0 saturated carbocycles. The van der Waals surface area contributed by atoms with Crippen LogP contribution in [0.4, 0.5) is 0 Å². The molecule has 2 rings (SSSR count). The molecule has 1 aromatic heterocycles. The van der Waals surface area contributed by atoms with Gasteiger partial charge in [-0.3, -0.25) is 4.79 Å². The fourth-order valence-electron chi connectivity index (χ4n) is 1.82. The molecule has 1 amide bonds. The highest BCUT2D eigenvalue weighted by atomic mass is 16.5. The number of carbonyl (C=O) groups excluding carboxylic acids is 1. The van der Waals surface area contributed by atoms with Gasteiger partial charge in [-0.15, -0.1) is 0 Å². The van der Waals surface area contributed by atoms with E-state index in [9.17, 15) is 4.79 Å². The Balaban J connectivity index is 2.08. The van der Waals surface area contributed by atoms with Crippen LogP contribution in [0, 0.1) is 0 Å². The molecule has 1 saturated heterocycles. The minimum atomic E-state index is -0.0167. The van der Waals surface area contributed by atoms with Crippen molar-refractivity contribution in [1.82, 2.24) is 14.8 Å². The first-order valence-electron chi connectivity index (χ1n) is 5.69. The quantitative estimate of drug-likeness (QED) is 0.748. The highest BCUT2D eigenvalue weighted by Gasteiger charge is 2.21. The van der Waals surface area contributed by atoms with Crippen molar-refractivity contribution in [1.29, 1.82) is 0 Å². The summed E-state index contributed by atoms with van der Waals surface area (Å²) in [6.07, 6.45) is 0. The molecule has 0 radical (unpaired) electrons. The molecule has 17 heavy (non-hydrogen) atoms. The fraction of sp³-hybridized carbons (Fsp3) is 0.500. The van der Waals surface area contributed by atoms with Crippen molar-refractivity contribution in [2.24, 2.45) is 0 Å². The lowest BCUT2D eigenvalue weighted by Crippen LogP contribution is -2.47. The van der Waals surface area contributed by atoms with Gasteiger partial charge in [-0.25, -0.2) is 4.98 Å². The van der Waals surface area contributed by atoms with Crippen molar-refractivity contribution in [3.8, 4) is 5.88 Å². The molecule has 0 spiro atoms. The van der Waals surface area contributed by atoms with Gasteiger partial charge in [-0.1, -0.05) is 6.07 Å². The number of methoxy groups -OCH3 is 1. The van der Waals surface area contributed by atoms with Gasteiger partial charge in [0.15, 0.2) is 0 Å². The molecule has 1 fully saturated rings. The standard InChI is InChI=1S/C12H17N3O2/c1-14-6-8-15(9-7-14)12(16)10-4-3-5-11(13-10)17-2/h3-5H,6-9H2,1-2H3. The van der Waals surface area contributed by atoms with E-state index in [1.807, 2.05) is 4.90 Å². The van der Waals surface area contributed by atoms with Gasteiger partial charge in [-0.05, 0) is 13.1 Å². The van der Waals surface area contributed by atoms with Gasteiger partial charge in [0.2, 0.25) is 5.88 Å². The van der Waals surface area contributed by atoms with Gasteiger partial charge >= 0.3 is 0 Å². The monoisotopic (exact) mass is 235 g/mol. The summed E-state index contributed by atoms with van der Waals surface area (Å²) in [5, 5.41) is 0. The van der Waals surface area contributed by atoms with Crippen LogP contribution in [0.15, 0.2) is 18.2 Å². The maximum Gasteiger partial charge on any atom is 0.272 e. The molecule has 1 aromatic rings. The Hall–Kier alpha value is -1.62. The largest absolute Gasteiger partial charge is 0.481 e. The summed E-state index contributed by atoms with van der Waals surface area (Å²) in [6.45, 7) is 3.34. The highest BCUT2D eigenvalue weighted by Crippen LogP contribution is 2.10. The number of likely N-dealkylation sites (N-methyl/N-ethyl adjacent to an activating group) is 1. The van der Waals surface area contributed by atoms with Gasteiger partial charge in [0.25, 0.3) is 5.91 Å². The van der Waals surface area contributed by atoms with Crippen molar-refractivity contribution >= 4 is 5.91 Å². The molecule has 0 aromatic carbocycles. The summed E-state index contributed by atoms with van der Waals surface area (Å²) < 4.78 is 5.02. The van der Waals surface area contributed by atoms with Gasteiger partial charge in [-0.2, -0.15) is 0 Å². The van der Waals surface area contributed by atoms with Crippen LogP contribution in [0.3, 0.4) is 0 Å². The molecule has 5 nitrogen and oxygen atoms in total. The molecule has 1 aliphatic rings. The summed E-state index contributed by atoms with van der Waals surface area (Å²) in [6, 6.07) is 5.25. The number of rotatable bonds is 2. The summed E-state index contributed by atoms with van der Waals surface area (Å²) in [5.74, 6) is 0.460. The smallest absolute Gasteiger partial charge is 0.272 e. The number of aromatic nitrogens is 1. The van der Waals surface area contributed by atoms with Crippen molar-refractivity contribution in [2.75, 3.05) is 40.3 Å². The number of hydrogen-bond donors (Lipinski definition) is 0. The Morgan fingerprint density at radius 1 is 1.29 bits per heavy atom. The van der Waals surface area contributed by atoms with Crippen LogP contribution >= 0.6 is 0 Å². The van der Waals surface area contributed by atoms with E-state index in [1.165, 1.54) is 0 Å². The number of carbonyl (C=O) groups is 1. The van der Waals surface area contributed by atoms with E-state index in [-0.39, 0.29) is 5.91 Å². The zero-order valence-corrected chi connectivity index (χ0v) is 10.2.